The Labute approximate surface area is 158 Å². The van der Waals surface area contributed by atoms with Crippen LogP contribution in [-0.4, -0.2) is 21.7 Å². The highest BCUT2D eigenvalue weighted by molar-refractivity contribution is 9.10. The van der Waals surface area contributed by atoms with E-state index in [0.29, 0.717) is 0 Å². The van der Waals surface area contributed by atoms with E-state index < -0.39 is 16.6 Å². The van der Waals surface area contributed by atoms with Crippen molar-refractivity contribution in [1.82, 2.24) is 0 Å². The summed E-state index contributed by atoms with van der Waals surface area (Å²) in [5, 5.41) is 20.9. The highest BCUT2D eigenvalue weighted by atomic mass is 79.9. The minimum atomic E-state index is -1.23. The Morgan fingerprint density at radius 1 is 1.16 bits per heavy atom. The van der Waals surface area contributed by atoms with Gasteiger partial charge in [0.1, 0.15) is 5.69 Å². The maximum atomic E-state index is 11.7. The number of benzene rings is 2. The topological polar surface area (TPSA) is 83.7 Å². The molecule has 0 aliphatic heterocycles. The molecule has 132 valence electrons. The number of hydrogen-bond donors (Lipinski definition) is 1. The maximum Gasteiger partial charge on any atom is 0.412 e. The van der Waals surface area contributed by atoms with E-state index in [1.807, 2.05) is 24.3 Å². The molecule has 0 aromatic heterocycles. The fourth-order valence-electron chi connectivity index (χ4n) is 2.29. The van der Waals surface area contributed by atoms with Gasteiger partial charge >= 0.3 is 6.09 Å². The molecule has 0 bridgehead atoms. The zero-order chi connectivity index (χ0) is 18.8. The van der Waals surface area contributed by atoms with Gasteiger partial charge in [-0.05, 0) is 57.2 Å². The number of rotatable bonds is 4. The summed E-state index contributed by atoms with van der Waals surface area (Å²) in [6, 6.07) is 12.1. The molecule has 0 saturated carbocycles. The summed E-state index contributed by atoms with van der Waals surface area (Å²) >= 11 is 4.78. The standard InChI is InChI=1S/C17H17BrN2O4S/c1-17(2,3)19(16(21)22)15-10-13(8-9-14(15)20(23)24)25-12-6-4-11(18)5-7-12/h4-10H,1-3H3,(H,21,22). The number of carboxylic acid groups (broad SMARTS) is 1. The Morgan fingerprint density at radius 2 is 1.72 bits per heavy atom. The van der Waals surface area contributed by atoms with Crippen LogP contribution in [0.3, 0.4) is 0 Å². The van der Waals surface area contributed by atoms with E-state index in [4.69, 9.17) is 0 Å². The van der Waals surface area contributed by atoms with Crippen LogP contribution in [0.15, 0.2) is 56.7 Å². The minimum Gasteiger partial charge on any atom is -0.465 e. The second-order valence-corrected chi connectivity index (χ2v) is 8.32. The molecule has 8 heteroatoms. The van der Waals surface area contributed by atoms with Crippen molar-refractivity contribution in [2.45, 2.75) is 36.1 Å². The number of nitro benzene ring substituents is 1. The number of halogens is 1. The van der Waals surface area contributed by atoms with E-state index in [1.165, 1.54) is 17.8 Å². The van der Waals surface area contributed by atoms with Crippen molar-refractivity contribution in [3.8, 4) is 0 Å². The molecule has 0 fully saturated rings. The summed E-state index contributed by atoms with van der Waals surface area (Å²) in [6.07, 6.45) is -1.23. The molecule has 6 nitrogen and oxygen atoms in total. The molecule has 0 heterocycles. The third-order valence-corrected chi connectivity index (χ3v) is 4.82. The molecule has 2 aromatic carbocycles. The second-order valence-electron chi connectivity index (χ2n) is 6.25. The summed E-state index contributed by atoms with van der Waals surface area (Å²) in [6.45, 7) is 5.08. The fraction of sp³-hybridized carbons (Fsp3) is 0.235. The van der Waals surface area contributed by atoms with Crippen molar-refractivity contribution in [2.24, 2.45) is 0 Å². The fourth-order valence-corrected chi connectivity index (χ4v) is 3.41. The van der Waals surface area contributed by atoms with Gasteiger partial charge in [0, 0.05) is 25.9 Å². The molecule has 0 atom stereocenters. The first-order valence-corrected chi connectivity index (χ1v) is 8.95. The van der Waals surface area contributed by atoms with E-state index >= 15 is 0 Å². The van der Waals surface area contributed by atoms with Gasteiger partial charge < -0.3 is 5.11 Å². The summed E-state index contributed by atoms with van der Waals surface area (Å²) in [4.78, 5) is 25.2. The maximum absolute atomic E-state index is 11.7. The van der Waals surface area contributed by atoms with Crippen LogP contribution in [0.4, 0.5) is 16.2 Å². The Hall–Kier alpha value is -2.06. The molecule has 2 aromatic rings. The number of nitro groups is 1. The van der Waals surface area contributed by atoms with E-state index in [0.717, 1.165) is 19.2 Å². The van der Waals surface area contributed by atoms with Gasteiger partial charge in [0.05, 0.1) is 4.92 Å². The van der Waals surface area contributed by atoms with Crippen LogP contribution in [0.25, 0.3) is 0 Å². The first-order valence-electron chi connectivity index (χ1n) is 7.34. The van der Waals surface area contributed by atoms with Gasteiger partial charge in [0.25, 0.3) is 5.69 Å². The van der Waals surface area contributed by atoms with E-state index in [2.05, 4.69) is 15.9 Å². The average molecular weight is 425 g/mol. The summed E-state index contributed by atoms with van der Waals surface area (Å²) < 4.78 is 0.950. The van der Waals surface area contributed by atoms with E-state index in [1.54, 1.807) is 32.9 Å². The smallest absolute Gasteiger partial charge is 0.412 e. The first kappa shape index (κ1) is 19.3. The second kappa shape index (κ2) is 7.45. The van der Waals surface area contributed by atoms with Crippen LogP contribution < -0.4 is 4.90 Å². The van der Waals surface area contributed by atoms with Crippen molar-refractivity contribution in [1.29, 1.82) is 0 Å². The minimum absolute atomic E-state index is 0.0621. The lowest BCUT2D eigenvalue weighted by Gasteiger charge is -2.32. The Bertz CT molecular complexity index is 803. The highest BCUT2D eigenvalue weighted by Gasteiger charge is 2.33. The lowest BCUT2D eigenvalue weighted by molar-refractivity contribution is -0.384. The number of carbonyl (C=O) groups is 1. The third-order valence-electron chi connectivity index (χ3n) is 3.30. The van der Waals surface area contributed by atoms with Crippen LogP contribution in [-0.2, 0) is 0 Å². The lowest BCUT2D eigenvalue weighted by atomic mass is 10.0. The van der Waals surface area contributed by atoms with Crippen LogP contribution in [0, 0.1) is 10.1 Å². The molecule has 0 unspecified atom stereocenters. The molecular weight excluding hydrogens is 408 g/mol. The third kappa shape index (κ3) is 4.73. The van der Waals surface area contributed by atoms with Crippen LogP contribution in [0.1, 0.15) is 20.8 Å². The van der Waals surface area contributed by atoms with Crippen molar-refractivity contribution in [3.05, 3.63) is 57.1 Å². The van der Waals surface area contributed by atoms with Crippen molar-refractivity contribution in [3.63, 3.8) is 0 Å². The van der Waals surface area contributed by atoms with Crippen molar-refractivity contribution in [2.75, 3.05) is 4.90 Å². The average Bonchev–Trinajstić information content (AvgIpc) is 2.48. The molecule has 2 rings (SSSR count). The van der Waals surface area contributed by atoms with Gasteiger partial charge in [0.2, 0.25) is 0 Å². The Kier molecular flexibility index (Phi) is 5.74. The number of hydrogen-bond acceptors (Lipinski definition) is 4. The summed E-state index contributed by atoms with van der Waals surface area (Å²) in [5.41, 5.74) is -0.998. The summed E-state index contributed by atoms with van der Waals surface area (Å²) in [7, 11) is 0. The monoisotopic (exact) mass is 424 g/mol. The van der Waals surface area contributed by atoms with Gasteiger partial charge in [-0.25, -0.2) is 4.79 Å². The Morgan fingerprint density at radius 3 is 2.20 bits per heavy atom. The number of anilines is 1. The van der Waals surface area contributed by atoms with Crippen molar-refractivity contribution >= 4 is 45.2 Å². The lowest BCUT2D eigenvalue weighted by Crippen LogP contribution is -2.45. The van der Waals surface area contributed by atoms with Crippen LogP contribution in [0.5, 0.6) is 0 Å². The zero-order valence-corrected chi connectivity index (χ0v) is 16.3. The van der Waals surface area contributed by atoms with Gasteiger partial charge in [-0.15, -0.1) is 0 Å². The molecule has 1 N–H and O–H groups in total. The SMILES string of the molecule is CC(C)(C)N(C(=O)O)c1cc(Sc2ccc(Br)cc2)ccc1[N+](=O)[O-]. The molecule has 0 radical (unpaired) electrons. The summed E-state index contributed by atoms with van der Waals surface area (Å²) in [5.74, 6) is 0. The van der Waals surface area contributed by atoms with E-state index in [-0.39, 0.29) is 11.4 Å². The predicted octanol–water partition coefficient (Wildman–Crippen LogP) is 5.79. The van der Waals surface area contributed by atoms with Gasteiger partial charge in [0.15, 0.2) is 0 Å². The van der Waals surface area contributed by atoms with Gasteiger partial charge in [-0.3, -0.25) is 15.0 Å². The van der Waals surface area contributed by atoms with E-state index in [9.17, 15) is 20.0 Å². The Balaban J connectivity index is 2.50. The first-order chi connectivity index (χ1) is 11.6. The van der Waals surface area contributed by atoms with Crippen molar-refractivity contribution < 1.29 is 14.8 Å². The molecule has 0 aliphatic carbocycles. The predicted molar refractivity (Wildman–Crippen MR) is 102 cm³/mol. The normalized spacial score (nSPS) is 11.2. The molecule has 1 amide bonds. The van der Waals surface area contributed by atoms with Gasteiger partial charge in [-0.1, -0.05) is 27.7 Å². The zero-order valence-electron chi connectivity index (χ0n) is 13.9. The number of amides is 1. The number of nitrogens with zero attached hydrogens (tertiary/aromatic N) is 2. The quantitative estimate of drug-likeness (QED) is 0.495. The largest absolute Gasteiger partial charge is 0.465 e. The van der Waals surface area contributed by atoms with Crippen LogP contribution >= 0.6 is 27.7 Å². The molecular formula is C17H17BrN2O4S. The molecule has 0 aliphatic rings. The highest BCUT2D eigenvalue weighted by Crippen LogP contribution is 2.38. The van der Waals surface area contributed by atoms with Gasteiger partial charge in [-0.2, -0.15) is 0 Å². The molecule has 0 saturated heterocycles. The van der Waals surface area contributed by atoms with Crippen LogP contribution in [0.2, 0.25) is 0 Å². The molecule has 0 spiro atoms. The molecule has 25 heavy (non-hydrogen) atoms.